The molecule has 0 aliphatic carbocycles. The second-order valence-corrected chi connectivity index (χ2v) is 7.22. The molecule has 0 saturated carbocycles. The topological polar surface area (TPSA) is 73.7 Å². The molecule has 4 rings (SSSR count). The molecular weight excluding hydrogens is 394 g/mol. The van der Waals surface area contributed by atoms with E-state index >= 15 is 0 Å². The predicted molar refractivity (Wildman–Crippen MR) is 115 cm³/mol. The lowest BCUT2D eigenvalue weighted by Crippen LogP contribution is -2.37. The lowest BCUT2D eigenvalue weighted by atomic mass is 10.0. The summed E-state index contributed by atoms with van der Waals surface area (Å²) in [5.41, 5.74) is 2.86. The van der Waals surface area contributed by atoms with Crippen LogP contribution in [0.25, 0.3) is 5.69 Å². The lowest BCUT2D eigenvalue weighted by Gasteiger charge is -2.28. The number of ether oxygens (including phenoxy) is 2. The summed E-state index contributed by atoms with van der Waals surface area (Å²) >= 11 is 0. The zero-order valence-electron chi connectivity index (χ0n) is 17.5. The number of carbonyl (C=O) groups is 2. The zero-order valence-corrected chi connectivity index (χ0v) is 17.5. The van der Waals surface area contributed by atoms with Gasteiger partial charge in [0.2, 0.25) is 5.91 Å². The van der Waals surface area contributed by atoms with Gasteiger partial charge in [-0.15, -0.1) is 0 Å². The Bertz CT molecular complexity index is 1050. The molecule has 31 heavy (non-hydrogen) atoms. The second kappa shape index (κ2) is 9.47. The normalized spacial score (nSPS) is 12.9. The van der Waals surface area contributed by atoms with Crippen molar-refractivity contribution in [3.63, 3.8) is 0 Å². The van der Waals surface area contributed by atoms with Crippen LogP contribution in [0.3, 0.4) is 0 Å². The number of benzene rings is 2. The summed E-state index contributed by atoms with van der Waals surface area (Å²) in [5.74, 6) is 0.268. The van der Waals surface area contributed by atoms with E-state index in [0.717, 1.165) is 22.7 Å². The first-order chi connectivity index (χ1) is 15.2. The number of fused-ring (bicyclic) bond motifs is 1. The number of hydrogen-bond acceptors (Lipinski definition) is 5. The first-order valence-corrected chi connectivity index (χ1v) is 10.5. The number of esters is 1. The maximum atomic E-state index is 12.8. The molecule has 0 radical (unpaired) electrons. The molecule has 0 N–H and O–H groups in total. The number of amides is 1. The number of hydrogen-bond donors (Lipinski definition) is 0. The van der Waals surface area contributed by atoms with Crippen molar-refractivity contribution >= 4 is 11.9 Å². The Morgan fingerprint density at radius 2 is 1.74 bits per heavy atom. The van der Waals surface area contributed by atoms with Crippen LogP contribution in [0.2, 0.25) is 0 Å². The van der Waals surface area contributed by atoms with Crippen LogP contribution < -0.4 is 4.74 Å². The van der Waals surface area contributed by atoms with Crippen molar-refractivity contribution in [2.45, 2.75) is 26.3 Å². The van der Waals surface area contributed by atoms with Crippen molar-refractivity contribution in [2.75, 3.05) is 19.8 Å². The minimum absolute atomic E-state index is 0.0103. The van der Waals surface area contributed by atoms with E-state index in [1.807, 2.05) is 60.7 Å². The number of carbonyl (C=O) groups excluding carboxylic acids is 2. The van der Waals surface area contributed by atoms with Gasteiger partial charge in [-0.1, -0.05) is 36.4 Å². The summed E-state index contributed by atoms with van der Waals surface area (Å²) in [6.45, 7) is 3.24. The Balaban J connectivity index is 1.51. The fraction of sp³-hybridized carbons (Fsp3) is 0.292. The van der Waals surface area contributed by atoms with Crippen molar-refractivity contribution < 1.29 is 19.1 Å². The van der Waals surface area contributed by atoms with Crippen molar-refractivity contribution in [3.05, 3.63) is 77.6 Å². The van der Waals surface area contributed by atoms with Gasteiger partial charge < -0.3 is 14.4 Å². The molecule has 1 amide bonds. The van der Waals surface area contributed by atoms with Crippen LogP contribution in [-0.4, -0.2) is 46.3 Å². The van der Waals surface area contributed by atoms with E-state index < -0.39 is 5.97 Å². The summed E-state index contributed by atoms with van der Waals surface area (Å²) in [6, 6.07) is 19.1. The molecule has 0 fully saturated rings. The molecule has 1 aliphatic rings. The van der Waals surface area contributed by atoms with Gasteiger partial charge in [-0.2, -0.15) is 5.10 Å². The molecule has 0 bridgehead atoms. The smallest absolute Gasteiger partial charge is 0.359 e. The van der Waals surface area contributed by atoms with Crippen molar-refractivity contribution in [1.29, 1.82) is 0 Å². The quantitative estimate of drug-likeness (QED) is 0.549. The SMILES string of the molecule is CCOC(=O)c1nn(-c2ccccc2)c2c1CN(C(=O)CCOc1ccccc1)CC2. The number of para-hydroxylation sites is 2. The highest BCUT2D eigenvalue weighted by Gasteiger charge is 2.31. The number of nitrogens with zero attached hydrogens (tertiary/aromatic N) is 3. The van der Waals surface area contributed by atoms with E-state index in [1.165, 1.54) is 0 Å². The predicted octanol–water partition coefficient (Wildman–Crippen LogP) is 3.40. The first kappa shape index (κ1) is 20.7. The van der Waals surface area contributed by atoms with Crippen LogP contribution in [-0.2, 0) is 22.5 Å². The van der Waals surface area contributed by atoms with Crippen molar-refractivity contribution in [2.24, 2.45) is 0 Å². The summed E-state index contributed by atoms with van der Waals surface area (Å²) in [5, 5.41) is 4.56. The van der Waals surface area contributed by atoms with Crippen molar-refractivity contribution in [3.8, 4) is 11.4 Å². The Morgan fingerprint density at radius 3 is 2.45 bits per heavy atom. The van der Waals surface area contributed by atoms with Crippen LogP contribution in [0, 0.1) is 0 Å². The molecular formula is C24H25N3O4. The number of rotatable bonds is 7. The van der Waals surface area contributed by atoms with E-state index in [0.29, 0.717) is 26.1 Å². The van der Waals surface area contributed by atoms with Gasteiger partial charge in [0.1, 0.15) is 5.75 Å². The first-order valence-electron chi connectivity index (χ1n) is 10.5. The average Bonchev–Trinajstić information content (AvgIpc) is 3.19. The largest absolute Gasteiger partial charge is 0.493 e. The molecule has 0 saturated heterocycles. The van der Waals surface area contributed by atoms with Gasteiger partial charge >= 0.3 is 5.97 Å². The van der Waals surface area contributed by atoms with Crippen LogP contribution in [0.15, 0.2) is 60.7 Å². The third-order valence-electron chi connectivity index (χ3n) is 5.21. The average molecular weight is 419 g/mol. The molecule has 2 aromatic carbocycles. The maximum absolute atomic E-state index is 12.8. The van der Waals surface area contributed by atoms with Crippen LogP contribution >= 0.6 is 0 Å². The summed E-state index contributed by atoms with van der Waals surface area (Å²) in [7, 11) is 0. The molecule has 2 heterocycles. The van der Waals surface area contributed by atoms with E-state index in [9.17, 15) is 9.59 Å². The third-order valence-corrected chi connectivity index (χ3v) is 5.21. The van der Waals surface area contributed by atoms with Gasteiger partial charge in [0.15, 0.2) is 5.69 Å². The van der Waals surface area contributed by atoms with E-state index in [2.05, 4.69) is 5.10 Å². The van der Waals surface area contributed by atoms with Gasteiger partial charge in [-0.05, 0) is 31.2 Å². The lowest BCUT2D eigenvalue weighted by molar-refractivity contribution is -0.132. The summed E-state index contributed by atoms with van der Waals surface area (Å²) < 4.78 is 12.7. The van der Waals surface area contributed by atoms with E-state index in [1.54, 1.807) is 16.5 Å². The minimum atomic E-state index is -0.463. The second-order valence-electron chi connectivity index (χ2n) is 7.22. The molecule has 7 nitrogen and oxygen atoms in total. The molecule has 1 aromatic heterocycles. The monoisotopic (exact) mass is 419 g/mol. The molecule has 3 aromatic rings. The number of aromatic nitrogens is 2. The highest BCUT2D eigenvalue weighted by molar-refractivity contribution is 5.90. The van der Waals surface area contributed by atoms with E-state index in [-0.39, 0.29) is 24.6 Å². The van der Waals surface area contributed by atoms with Gasteiger partial charge in [0, 0.05) is 25.1 Å². The Kier molecular flexibility index (Phi) is 6.31. The maximum Gasteiger partial charge on any atom is 0.359 e. The standard InChI is InChI=1S/C24H25N3O4/c1-2-30-24(29)23-20-17-26(22(28)14-16-31-19-11-7-4-8-12-19)15-13-21(20)27(25-23)18-9-5-3-6-10-18/h3-12H,2,13-17H2,1H3. The Morgan fingerprint density at radius 1 is 1.03 bits per heavy atom. The fourth-order valence-corrected chi connectivity index (χ4v) is 3.71. The Hall–Kier alpha value is -3.61. The molecule has 7 heteroatoms. The molecule has 0 spiro atoms. The Labute approximate surface area is 181 Å². The van der Waals surface area contributed by atoms with Gasteiger partial charge in [0.25, 0.3) is 0 Å². The van der Waals surface area contributed by atoms with Crippen LogP contribution in [0.4, 0.5) is 0 Å². The van der Waals surface area contributed by atoms with E-state index in [4.69, 9.17) is 9.47 Å². The van der Waals surface area contributed by atoms with Gasteiger partial charge in [-0.3, -0.25) is 4.79 Å². The highest BCUT2D eigenvalue weighted by atomic mass is 16.5. The minimum Gasteiger partial charge on any atom is -0.493 e. The van der Waals surface area contributed by atoms with Crippen molar-refractivity contribution in [1.82, 2.24) is 14.7 Å². The van der Waals surface area contributed by atoms with Gasteiger partial charge in [-0.25, -0.2) is 9.48 Å². The summed E-state index contributed by atoms with van der Waals surface area (Å²) in [6.07, 6.45) is 0.883. The molecule has 160 valence electrons. The highest BCUT2D eigenvalue weighted by Crippen LogP contribution is 2.26. The molecule has 0 atom stereocenters. The van der Waals surface area contributed by atoms with Gasteiger partial charge in [0.05, 0.1) is 31.0 Å². The fourth-order valence-electron chi connectivity index (χ4n) is 3.71. The molecule has 0 unspecified atom stereocenters. The van der Waals surface area contributed by atoms with Crippen LogP contribution in [0.5, 0.6) is 5.75 Å². The molecule has 1 aliphatic heterocycles. The third kappa shape index (κ3) is 4.60. The van der Waals surface area contributed by atoms with Crippen LogP contribution in [0.1, 0.15) is 35.1 Å². The summed E-state index contributed by atoms with van der Waals surface area (Å²) in [4.78, 5) is 27.1. The zero-order chi connectivity index (χ0) is 21.6.